The molecule has 12 nitrogen and oxygen atoms in total. The van der Waals surface area contributed by atoms with Crippen LogP contribution in [-0.2, 0) is 11.2 Å². The number of likely N-dealkylation sites (tertiary alicyclic amines) is 1. The van der Waals surface area contributed by atoms with Crippen LogP contribution in [0.3, 0.4) is 0 Å². The number of anilines is 2. The Morgan fingerprint density at radius 2 is 1.75 bits per heavy atom. The van der Waals surface area contributed by atoms with Crippen LogP contribution in [0.15, 0.2) is 71.9 Å². The summed E-state index contributed by atoms with van der Waals surface area (Å²) in [6.07, 6.45) is 6.73. The van der Waals surface area contributed by atoms with Gasteiger partial charge in [0, 0.05) is 75.2 Å². The fourth-order valence-electron chi connectivity index (χ4n) is 6.99. The van der Waals surface area contributed by atoms with E-state index in [0.717, 1.165) is 38.8 Å². The zero-order valence-electron chi connectivity index (χ0n) is 26.7. The molecular formula is C35H38ClN9O3. The van der Waals surface area contributed by atoms with Gasteiger partial charge >= 0.3 is 11.7 Å². The number of aromatic nitrogens is 4. The number of hydrogen-bond acceptors (Lipinski definition) is 7. The quantitative estimate of drug-likeness (QED) is 0.231. The number of piperidine rings is 1. The summed E-state index contributed by atoms with van der Waals surface area (Å²) in [6.45, 7) is 5.17. The zero-order valence-corrected chi connectivity index (χ0v) is 27.5. The van der Waals surface area contributed by atoms with Crippen molar-refractivity contribution in [3.05, 3.63) is 93.8 Å². The molecule has 2 fully saturated rings. The second-order valence-electron chi connectivity index (χ2n) is 12.6. The van der Waals surface area contributed by atoms with Crippen molar-refractivity contribution in [2.45, 2.75) is 38.3 Å². The number of aryl methyl sites for hydroxylation is 1. The van der Waals surface area contributed by atoms with Gasteiger partial charge in [0.05, 0.1) is 33.5 Å². The average Bonchev–Trinajstić information content (AvgIpc) is 3.46. The Labute approximate surface area is 282 Å². The van der Waals surface area contributed by atoms with Gasteiger partial charge in [0.15, 0.2) is 0 Å². The summed E-state index contributed by atoms with van der Waals surface area (Å²) in [5.74, 6) is -0.136. The molecule has 1 atom stereocenters. The van der Waals surface area contributed by atoms with E-state index in [1.54, 1.807) is 34.1 Å². The number of halogens is 1. The molecule has 0 aliphatic carbocycles. The van der Waals surface area contributed by atoms with Gasteiger partial charge in [-0.15, -0.1) is 0 Å². The molecule has 0 unspecified atom stereocenters. The first kappa shape index (κ1) is 31.5. The van der Waals surface area contributed by atoms with Crippen LogP contribution in [0.2, 0.25) is 5.02 Å². The summed E-state index contributed by atoms with van der Waals surface area (Å²) in [7, 11) is 0. The van der Waals surface area contributed by atoms with E-state index in [2.05, 4.69) is 25.2 Å². The first-order valence-corrected chi connectivity index (χ1v) is 16.7. The number of nitrogens with two attached hydrogens (primary N) is 1. The van der Waals surface area contributed by atoms with Crippen molar-refractivity contribution < 1.29 is 9.59 Å². The monoisotopic (exact) mass is 667 g/mol. The van der Waals surface area contributed by atoms with Gasteiger partial charge < -0.3 is 30.7 Å². The number of benzene rings is 2. The minimum Gasteiger partial charge on any atom is -0.397 e. The van der Waals surface area contributed by atoms with Crippen molar-refractivity contribution in [2.75, 3.05) is 49.9 Å². The van der Waals surface area contributed by atoms with Crippen LogP contribution in [0, 0.1) is 6.92 Å². The number of piperazine rings is 1. The Balaban J connectivity index is 1.05. The fraction of sp³-hybridized carbons (Fsp3) is 0.343. The van der Waals surface area contributed by atoms with Crippen LogP contribution in [0.5, 0.6) is 0 Å². The average molecular weight is 668 g/mol. The Kier molecular flexibility index (Phi) is 8.65. The van der Waals surface area contributed by atoms with Crippen molar-refractivity contribution in [3.63, 3.8) is 0 Å². The zero-order chi connectivity index (χ0) is 33.4. The molecule has 3 amide bonds. The first-order valence-electron chi connectivity index (χ1n) is 16.3. The van der Waals surface area contributed by atoms with Gasteiger partial charge in [0.2, 0.25) is 5.91 Å². The normalized spacial score (nSPS) is 16.4. The summed E-state index contributed by atoms with van der Waals surface area (Å²) in [5, 5.41) is 4.37. The Hall–Kier alpha value is -5.10. The maximum Gasteiger partial charge on any atom is 0.326 e. The van der Waals surface area contributed by atoms with Gasteiger partial charge in [0.1, 0.15) is 6.04 Å². The SMILES string of the molecule is Cc1cc(C[C@@H](NC(=O)N2CCC(n3c(=O)[nH]c4c5ccccc5ncc43)CC2)C(=O)N2CCN(c3ccncc3)CC2)cc(Cl)c1N. The maximum absolute atomic E-state index is 14.0. The van der Waals surface area contributed by atoms with E-state index in [9.17, 15) is 14.4 Å². The molecule has 2 saturated heterocycles. The van der Waals surface area contributed by atoms with E-state index in [0.29, 0.717) is 62.8 Å². The van der Waals surface area contributed by atoms with Gasteiger partial charge in [0.25, 0.3) is 0 Å². The van der Waals surface area contributed by atoms with E-state index >= 15 is 0 Å². The summed E-state index contributed by atoms with van der Waals surface area (Å²) in [4.78, 5) is 58.4. The third-order valence-corrected chi connectivity index (χ3v) is 9.95. The highest BCUT2D eigenvalue weighted by atomic mass is 35.5. The largest absolute Gasteiger partial charge is 0.397 e. The van der Waals surface area contributed by atoms with Gasteiger partial charge in [-0.2, -0.15) is 0 Å². The van der Waals surface area contributed by atoms with Crippen LogP contribution in [0.4, 0.5) is 16.2 Å². The molecule has 0 bridgehead atoms. The number of nitrogens with one attached hydrogen (secondary N) is 2. The van der Waals surface area contributed by atoms with E-state index in [-0.39, 0.29) is 30.1 Å². The Morgan fingerprint density at radius 1 is 1.02 bits per heavy atom. The number of H-pyrrole nitrogens is 1. The third kappa shape index (κ3) is 6.15. The van der Waals surface area contributed by atoms with Gasteiger partial charge in [-0.25, -0.2) is 9.59 Å². The second kappa shape index (κ2) is 13.2. The highest BCUT2D eigenvalue weighted by Gasteiger charge is 2.32. The van der Waals surface area contributed by atoms with Crippen LogP contribution in [0.25, 0.3) is 21.9 Å². The lowest BCUT2D eigenvalue weighted by Gasteiger charge is -2.38. The summed E-state index contributed by atoms with van der Waals surface area (Å²) in [5.41, 5.74) is 11.5. The van der Waals surface area contributed by atoms with E-state index in [1.165, 1.54) is 0 Å². The summed E-state index contributed by atoms with van der Waals surface area (Å²) >= 11 is 6.41. The Morgan fingerprint density at radius 3 is 2.48 bits per heavy atom. The number of amides is 3. The predicted octanol–water partition coefficient (Wildman–Crippen LogP) is 4.12. The van der Waals surface area contributed by atoms with Crippen LogP contribution in [0.1, 0.15) is 30.0 Å². The van der Waals surface area contributed by atoms with Crippen molar-refractivity contribution in [2.24, 2.45) is 0 Å². The molecule has 2 aliphatic rings. The molecule has 4 N–H and O–H groups in total. The van der Waals surface area contributed by atoms with Crippen molar-refractivity contribution >= 4 is 56.9 Å². The van der Waals surface area contributed by atoms with Gasteiger partial charge in [-0.1, -0.05) is 35.9 Å². The molecule has 0 radical (unpaired) electrons. The molecule has 248 valence electrons. The maximum atomic E-state index is 14.0. The molecule has 48 heavy (non-hydrogen) atoms. The fourth-order valence-corrected chi connectivity index (χ4v) is 7.28. The minimum absolute atomic E-state index is 0.0905. The number of carbonyl (C=O) groups is 2. The Bertz CT molecular complexity index is 2010. The highest BCUT2D eigenvalue weighted by molar-refractivity contribution is 6.33. The number of para-hydroxylation sites is 1. The lowest BCUT2D eigenvalue weighted by molar-refractivity contribution is -0.133. The first-order chi connectivity index (χ1) is 23.3. The van der Waals surface area contributed by atoms with E-state index in [1.807, 2.05) is 54.3 Å². The lowest BCUT2D eigenvalue weighted by atomic mass is 10.0. The second-order valence-corrected chi connectivity index (χ2v) is 13.0. The number of imidazole rings is 1. The lowest BCUT2D eigenvalue weighted by Crippen LogP contribution is -2.57. The molecule has 5 aromatic rings. The standard InChI is InChI=1S/C35H38ClN9O3/c1-22-18-23(19-27(36)31(22)37)20-29(33(46)43-16-14-42(15-17-43)24-6-10-38-11-7-24)40-34(47)44-12-8-25(9-13-44)45-30-21-39-28-5-3-2-4-26(28)32(30)41-35(45)48/h2-7,10-11,18-19,21,25,29H,8-9,12-17,20,37H2,1H3,(H,40,47)(H,41,48)/t29-/m1/s1. The summed E-state index contributed by atoms with van der Waals surface area (Å²) in [6, 6.07) is 14.1. The van der Waals surface area contributed by atoms with Crippen molar-refractivity contribution in [1.82, 2.24) is 34.6 Å². The van der Waals surface area contributed by atoms with Crippen LogP contribution < -0.4 is 21.6 Å². The van der Waals surface area contributed by atoms with E-state index in [4.69, 9.17) is 17.3 Å². The smallest absolute Gasteiger partial charge is 0.326 e. The van der Waals surface area contributed by atoms with Crippen LogP contribution in [-0.4, -0.2) is 86.6 Å². The topological polar surface area (TPSA) is 145 Å². The molecule has 13 heteroatoms. The molecule has 7 rings (SSSR count). The molecule has 0 saturated carbocycles. The van der Waals surface area contributed by atoms with E-state index < -0.39 is 6.04 Å². The summed E-state index contributed by atoms with van der Waals surface area (Å²) < 4.78 is 1.77. The number of aromatic amines is 1. The molecule has 5 heterocycles. The number of pyridine rings is 2. The van der Waals surface area contributed by atoms with Gasteiger partial charge in [-0.05, 0) is 55.2 Å². The predicted molar refractivity (Wildman–Crippen MR) is 187 cm³/mol. The number of fused-ring (bicyclic) bond motifs is 3. The highest BCUT2D eigenvalue weighted by Crippen LogP contribution is 2.29. The van der Waals surface area contributed by atoms with Crippen molar-refractivity contribution in [1.29, 1.82) is 0 Å². The molecule has 2 aliphatic heterocycles. The third-order valence-electron chi connectivity index (χ3n) is 9.63. The van der Waals surface area contributed by atoms with Crippen molar-refractivity contribution in [3.8, 4) is 0 Å². The molecular weight excluding hydrogens is 630 g/mol. The van der Waals surface area contributed by atoms with Crippen LogP contribution >= 0.6 is 11.6 Å². The number of rotatable bonds is 6. The van der Waals surface area contributed by atoms with Gasteiger partial charge in [-0.3, -0.25) is 19.3 Å². The minimum atomic E-state index is -0.794. The number of hydrogen-bond donors (Lipinski definition) is 3. The number of urea groups is 1. The molecule has 2 aromatic carbocycles. The molecule has 0 spiro atoms. The molecule has 3 aromatic heterocycles. The number of carbonyl (C=O) groups excluding carboxylic acids is 2. The number of nitrogens with zero attached hydrogens (tertiary/aromatic N) is 6. The number of nitrogen functional groups attached to an aromatic ring is 1.